The maximum absolute atomic E-state index is 11.8. The molecular formula is C15H19N3O5. The van der Waals surface area contributed by atoms with Crippen LogP contribution in [0.3, 0.4) is 0 Å². The van der Waals surface area contributed by atoms with Crippen molar-refractivity contribution in [1.82, 2.24) is 16.0 Å². The molecule has 1 aromatic rings. The maximum Gasteiger partial charge on any atom is 0.325 e. The molecule has 0 aliphatic heterocycles. The summed E-state index contributed by atoms with van der Waals surface area (Å²) < 4.78 is 4.68. The van der Waals surface area contributed by atoms with Crippen LogP contribution in [0.2, 0.25) is 0 Å². The number of ether oxygens (including phenoxy) is 1. The van der Waals surface area contributed by atoms with Gasteiger partial charge in [0, 0.05) is 12.6 Å². The highest BCUT2D eigenvalue weighted by Crippen LogP contribution is 2.03. The largest absolute Gasteiger partial charge is 0.454 e. The van der Waals surface area contributed by atoms with Gasteiger partial charge in [0.2, 0.25) is 5.91 Å². The summed E-state index contributed by atoms with van der Waals surface area (Å²) in [4.78, 5) is 45.5. The van der Waals surface area contributed by atoms with Crippen LogP contribution in [0.5, 0.6) is 0 Å². The van der Waals surface area contributed by atoms with Gasteiger partial charge in [-0.3, -0.25) is 19.2 Å². The highest BCUT2D eigenvalue weighted by molar-refractivity contribution is 5.96. The van der Waals surface area contributed by atoms with Crippen LogP contribution < -0.4 is 16.0 Å². The first-order valence-corrected chi connectivity index (χ1v) is 6.90. The zero-order chi connectivity index (χ0) is 17.2. The fraction of sp³-hybridized carbons (Fsp3) is 0.333. The Labute approximate surface area is 133 Å². The SMILES string of the molecule is CNC(=O)CNC(=O)COC(=O)CNC(=O)c1cccc(C)c1. The van der Waals surface area contributed by atoms with Crippen molar-refractivity contribution < 1.29 is 23.9 Å². The molecular weight excluding hydrogens is 302 g/mol. The molecule has 0 saturated carbocycles. The van der Waals surface area contributed by atoms with Crippen molar-refractivity contribution in [2.24, 2.45) is 0 Å². The quantitative estimate of drug-likeness (QED) is 0.565. The number of rotatable bonds is 7. The molecule has 0 heterocycles. The normalized spacial score (nSPS) is 9.65. The van der Waals surface area contributed by atoms with Crippen molar-refractivity contribution in [2.75, 3.05) is 26.7 Å². The van der Waals surface area contributed by atoms with Crippen molar-refractivity contribution in [2.45, 2.75) is 6.92 Å². The van der Waals surface area contributed by atoms with Crippen molar-refractivity contribution >= 4 is 23.7 Å². The number of amides is 3. The summed E-state index contributed by atoms with van der Waals surface area (Å²) in [6.07, 6.45) is 0. The number of benzene rings is 1. The summed E-state index contributed by atoms with van der Waals surface area (Å²) >= 11 is 0. The lowest BCUT2D eigenvalue weighted by Crippen LogP contribution is -2.38. The van der Waals surface area contributed by atoms with E-state index in [4.69, 9.17) is 0 Å². The summed E-state index contributed by atoms with van der Waals surface area (Å²) in [6, 6.07) is 6.90. The summed E-state index contributed by atoms with van der Waals surface area (Å²) in [5.74, 6) is -2.13. The third-order valence-electron chi connectivity index (χ3n) is 2.76. The van der Waals surface area contributed by atoms with Crippen LogP contribution in [-0.2, 0) is 19.1 Å². The fourth-order valence-electron chi connectivity index (χ4n) is 1.56. The topological polar surface area (TPSA) is 114 Å². The van der Waals surface area contributed by atoms with Crippen LogP contribution in [0, 0.1) is 6.92 Å². The lowest BCUT2D eigenvalue weighted by Gasteiger charge is -2.07. The minimum absolute atomic E-state index is 0.197. The molecule has 0 saturated heterocycles. The van der Waals surface area contributed by atoms with Gasteiger partial charge in [-0.25, -0.2) is 0 Å². The van der Waals surface area contributed by atoms with Gasteiger partial charge in [0.25, 0.3) is 11.8 Å². The Morgan fingerprint density at radius 2 is 1.78 bits per heavy atom. The molecule has 0 unspecified atom stereocenters. The van der Waals surface area contributed by atoms with E-state index in [0.717, 1.165) is 5.56 Å². The minimum atomic E-state index is -0.749. The molecule has 1 aromatic carbocycles. The van der Waals surface area contributed by atoms with Crippen molar-refractivity contribution in [3.05, 3.63) is 35.4 Å². The molecule has 124 valence electrons. The van der Waals surface area contributed by atoms with Crippen LogP contribution >= 0.6 is 0 Å². The van der Waals surface area contributed by atoms with Crippen molar-refractivity contribution in [3.8, 4) is 0 Å². The first kappa shape index (κ1) is 18.1. The fourth-order valence-corrected chi connectivity index (χ4v) is 1.56. The zero-order valence-corrected chi connectivity index (χ0v) is 13.0. The summed E-state index contributed by atoms with van der Waals surface area (Å²) in [5, 5.41) is 7.00. The Morgan fingerprint density at radius 3 is 2.43 bits per heavy atom. The molecule has 23 heavy (non-hydrogen) atoms. The second-order valence-corrected chi connectivity index (χ2v) is 4.66. The summed E-state index contributed by atoms with van der Waals surface area (Å²) in [7, 11) is 1.44. The standard InChI is InChI=1S/C15H19N3O5/c1-10-4-3-5-11(6-10)15(22)18-8-14(21)23-9-13(20)17-7-12(19)16-2/h3-6H,7-9H2,1-2H3,(H,16,19)(H,17,20)(H,18,22). The Bertz CT molecular complexity index is 601. The van der Waals surface area contributed by atoms with E-state index in [1.807, 2.05) is 13.0 Å². The Morgan fingerprint density at radius 1 is 1.04 bits per heavy atom. The van der Waals surface area contributed by atoms with E-state index in [-0.39, 0.29) is 19.0 Å². The van der Waals surface area contributed by atoms with Crippen molar-refractivity contribution in [1.29, 1.82) is 0 Å². The molecule has 0 aliphatic rings. The smallest absolute Gasteiger partial charge is 0.325 e. The molecule has 0 spiro atoms. The van der Waals surface area contributed by atoms with Crippen LogP contribution in [0.4, 0.5) is 0 Å². The molecule has 0 bridgehead atoms. The highest BCUT2D eigenvalue weighted by atomic mass is 16.5. The molecule has 8 heteroatoms. The molecule has 3 N–H and O–H groups in total. The second-order valence-electron chi connectivity index (χ2n) is 4.66. The van der Waals surface area contributed by atoms with E-state index in [1.54, 1.807) is 18.2 Å². The second kappa shape index (κ2) is 9.19. The number of likely N-dealkylation sites (N-methyl/N-ethyl adjacent to an activating group) is 1. The highest BCUT2D eigenvalue weighted by Gasteiger charge is 2.11. The minimum Gasteiger partial charge on any atom is -0.454 e. The van der Waals surface area contributed by atoms with E-state index in [9.17, 15) is 19.2 Å². The number of aryl methyl sites for hydroxylation is 1. The summed E-state index contributed by atoms with van der Waals surface area (Å²) in [6.45, 7) is 0.783. The monoisotopic (exact) mass is 321 g/mol. The van der Waals surface area contributed by atoms with Crippen LogP contribution in [0.15, 0.2) is 24.3 Å². The van der Waals surface area contributed by atoms with Gasteiger partial charge in [0.05, 0.1) is 6.54 Å². The molecule has 0 atom stereocenters. The van der Waals surface area contributed by atoms with Gasteiger partial charge in [0.1, 0.15) is 6.54 Å². The number of carbonyl (C=O) groups excluding carboxylic acids is 4. The van der Waals surface area contributed by atoms with Crippen LogP contribution in [0.1, 0.15) is 15.9 Å². The van der Waals surface area contributed by atoms with Crippen LogP contribution in [0.25, 0.3) is 0 Å². The number of esters is 1. The van der Waals surface area contributed by atoms with Gasteiger partial charge in [-0.05, 0) is 19.1 Å². The van der Waals surface area contributed by atoms with E-state index < -0.39 is 24.4 Å². The average Bonchev–Trinajstić information content (AvgIpc) is 2.55. The van der Waals surface area contributed by atoms with Gasteiger partial charge >= 0.3 is 5.97 Å². The first-order valence-electron chi connectivity index (χ1n) is 6.90. The molecule has 0 aromatic heterocycles. The number of hydrogen-bond donors (Lipinski definition) is 3. The molecule has 3 amide bonds. The lowest BCUT2D eigenvalue weighted by molar-refractivity contribution is -0.147. The third kappa shape index (κ3) is 7.07. The molecule has 0 fully saturated rings. The lowest BCUT2D eigenvalue weighted by atomic mass is 10.1. The number of hydrogen-bond acceptors (Lipinski definition) is 5. The molecule has 8 nitrogen and oxygen atoms in total. The molecule has 0 radical (unpaired) electrons. The predicted octanol–water partition coefficient (Wildman–Crippen LogP) is -0.870. The summed E-state index contributed by atoms with van der Waals surface area (Å²) in [5.41, 5.74) is 1.36. The number of carbonyl (C=O) groups is 4. The average molecular weight is 321 g/mol. The van der Waals surface area contributed by atoms with Crippen molar-refractivity contribution in [3.63, 3.8) is 0 Å². The van der Waals surface area contributed by atoms with Gasteiger partial charge in [-0.2, -0.15) is 0 Å². The Kier molecular flexibility index (Phi) is 7.25. The maximum atomic E-state index is 11.8. The first-order chi connectivity index (χ1) is 10.9. The van der Waals surface area contributed by atoms with Crippen LogP contribution in [-0.4, -0.2) is 50.4 Å². The van der Waals surface area contributed by atoms with Gasteiger partial charge in [-0.1, -0.05) is 17.7 Å². The molecule has 0 aliphatic carbocycles. The van der Waals surface area contributed by atoms with Gasteiger partial charge in [-0.15, -0.1) is 0 Å². The zero-order valence-electron chi connectivity index (χ0n) is 13.0. The third-order valence-corrected chi connectivity index (χ3v) is 2.76. The van der Waals surface area contributed by atoms with E-state index in [0.29, 0.717) is 5.56 Å². The number of nitrogens with one attached hydrogen (secondary N) is 3. The predicted molar refractivity (Wildman–Crippen MR) is 81.5 cm³/mol. The van der Waals surface area contributed by atoms with E-state index >= 15 is 0 Å². The van der Waals surface area contributed by atoms with E-state index in [2.05, 4.69) is 20.7 Å². The molecule has 1 rings (SSSR count). The Hall–Kier alpha value is -2.90. The van der Waals surface area contributed by atoms with Gasteiger partial charge < -0.3 is 20.7 Å². The van der Waals surface area contributed by atoms with Gasteiger partial charge in [0.15, 0.2) is 6.61 Å². The Balaban J connectivity index is 2.27. The van der Waals surface area contributed by atoms with E-state index in [1.165, 1.54) is 7.05 Å².